The van der Waals surface area contributed by atoms with Gasteiger partial charge in [0.25, 0.3) is 0 Å². The molecule has 1 atom stereocenters. The van der Waals surface area contributed by atoms with E-state index in [0.717, 1.165) is 38.7 Å². The lowest BCUT2D eigenvalue weighted by molar-refractivity contribution is -0.136. The lowest BCUT2D eigenvalue weighted by Crippen LogP contribution is -2.55. The number of hydrogen-bond donors (Lipinski definition) is 2. The summed E-state index contributed by atoms with van der Waals surface area (Å²) < 4.78 is 5.32. The number of benzene rings is 1. The highest BCUT2D eigenvalue weighted by molar-refractivity contribution is 6.31. The maximum absolute atomic E-state index is 12.5. The number of aliphatic imine (C=N–C) groups is 1. The zero-order valence-corrected chi connectivity index (χ0v) is 18.4. The van der Waals surface area contributed by atoms with E-state index in [-0.39, 0.29) is 12.5 Å². The predicted molar refractivity (Wildman–Crippen MR) is 118 cm³/mol. The molecular formula is C21H32ClN5O3. The molecule has 0 bridgehead atoms. The summed E-state index contributed by atoms with van der Waals surface area (Å²) in [7, 11) is 0. The van der Waals surface area contributed by atoms with Crippen molar-refractivity contribution in [2.45, 2.75) is 13.0 Å². The van der Waals surface area contributed by atoms with E-state index >= 15 is 0 Å². The molecule has 2 heterocycles. The fourth-order valence-electron chi connectivity index (χ4n) is 3.66. The number of piperazine rings is 1. The highest BCUT2D eigenvalue weighted by Crippen LogP contribution is 2.22. The van der Waals surface area contributed by atoms with Crippen LogP contribution < -0.4 is 5.32 Å². The normalized spacial score (nSPS) is 19.6. The Kier molecular flexibility index (Phi) is 8.74. The Hall–Kier alpha value is -1.87. The first kappa shape index (κ1) is 22.8. The van der Waals surface area contributed by atoms with Gasteiger partial charge in [-0.3, -0.25) is 14.7 Å². The van der Waals surface area contributed by atoms with Crippen LogP contribution in [0.2, 0.25) is 5.02 Å². The standard InChI is InChI=1S/C21H32ClN5O3/c1-2-23-21(24-15-19(28)17-5-3-4-6-18(17)22)27-9-7-25(8-10-27)16-20(29)26-11-13-30-14-12-26/h3-6,19,28H,2,7-16H2,1H3,(H,23,24). The van der Waals surface area contributed by atoms with Gasteiger partial charge in [-0.1, -0.05) is 29.8 Å². The van der Waals surface area contributed by atoms with Crippen LogP contribution in [0.15, 0.2) is 29.3 Å². The minimum absolute atomic E-state index is 0.176. The molecule has 9 heteroatoms. The van der Waals surface area contributed by atoms with Gasteiger partial charge in [-0.15, -0.1) is 0 Å². The van der Waals surface area contributed by atoms with Crippen LogP contribution in [0.4, 0.5) is 0 Å². The average molecular weight is 438 g/mol. The molecule has 1 aromatic carbocycles. The fraction of sp³-hybridized carbons (Fsp3) is 0.619. The van der Waals surface area contributed by atoms with E-state index in [2.05, 4.69) is 20.1 Å². The Morgan fingerprint density at radius 3 is 2.53 bits per heavy atom. The molecular weight excluding hydrogens is 406 g/mol. The molecule has 0 radical (unpaired) electrons. The first-order valence-corrected chi connectivity index (χ1v) is 11.0. The Labute approximate surface area is 183 Å². The van der Waals surface area contributed by atoms with Gasteiger partial charge in [0.15, 0.2) is 5.96 Å². The summed E-state index contributed by atoms with van der Waals surface area (Å²) in [5, 5.41) is 14.3. The molecule has 2 aliphatic heterocycles. The SMILES string of the molecule is CCNC(=NCC(O)c1ccccc1Cl)N1CCN(CC(=O)N2CCOCC2)CC1. The molecule has 30 heavy (non-hydrogen) atoms. The number of nitrogens with zero attached hydrogens (tertiary/aromatic N) is 4. The van der Waals surface area contributed by atoms with Crippen LogP contribution in [0.3, 0.4) is 0 Å². The third-order valence-electron chi connectivity index (χ3n) is 5.41. The number of aliphatic hydroxyl groups is 1. The second kappa shape index (κ2) is 11.5. The van der Waals surface area contributed by atoms with E-state index in [0.29, 0.717) is 43.4 Å². The van der Waals surface area contributed by atoms with E-state index in [4.69, 9.17) is 16.3 Å². The first-order valence-electron chi connectivity index (χ1n) is 10.6. The van der Waals surface area contributed by atoms with Crippen molar-refractivity contribution in [2.75, 3.05) is 72.1 Å². The van der Waals surface area contributed by atoms with Crippen LogP contribution in [-0.2, 0) is 9.53 Å². The van der Waals surface area contributed by atoms with E-state index < -0.39 is 6.10 Å². The van der Waals surface area contributed by atoms with Crippen LogP contribution in [0.5, 0.6) is 0 Å². The molecule has 2 fully saturated rings. The second-order valence-corrected chi connectivity index (χ2v) is 7.90. The number of morpholine rings is 1. The summed E-state index contributed by atoms with van der Waals surface area (Å²) in [5.41, 5.74) is 0.685. The number of hydrogen-bond acceptors (Lipinski definition) is 5. The van der Waals surface area contributed by atoms with Gasteiger partial charge in [-0.05, 0) is 13.0 Å². The molecule has 1 amide bonds. The van der Waals surface area contributed by atoms with Crippen molar-refractivity contribution in [3.05, 3.63) is 34.9 Å². The maximum Gasteiger partial charge on any atom is 0.236 e. The summed E-state index contributed by atoms with van der Waals surface area (Å²) in [6, 6.07) is 7.29. The second-order valence-electron chi connectivity index (χ2n) is 7.49. The Bertz CT molecular complexity index is 718. The molecule has 0 aromatic heterocycles. The monoisotopic (exact) mass is 437 g/mol. The van der Waals surface area contributed by atoms with Crippen LogP contribution in [0.1, 0.15) is 18.6 Å². The number of guanidine groups is 1. The smallest absolute Gasteiger partial charge is 0.236 e. The molecule has 166 valence electrons. The van der Waals surface area contributed by atoms with Crippen molar-refractivity contribution >= 4 is 23.5 Å². The van der Waals surface area contributed by atoms with E-state index in [1.54, 1.807) is 6.07 Å². The largest absolute Gasteiger partial charge is 0.386 e. The lowest BCUT2D eigenvalue weighted by atomic mass is 10.1. The third kappa shape index (κ3) is 6.31. The van der Waals surface area contributed by atoms with Crippen molar-refractivity contribution < 1.29 is 14.6 Å². The van der Waals surface area contributed by atoms with Gasteiger partial charge in [0.1, 0.15) is 6.10 Å². The van der Waals surface area contributed by atoms with Gasteiger partial charge in [-0.25, -0.2) is 0 Å². The van der Waals surface area contributed by atoms with E-state index in [1.807, 2.05) is 30.0 Å². The zero-order chi connectivity index (χ0) is 21.3. The molecule has 2 N–H and O–H groups in total. The molecule has 3 rings (SSSR count). The van der Waals surface area contributed by atoms with Gasteiger partial charge >= 0.3 is 0 Å². The van der Waals surface area contributed by atoms with Crippen molar-refractivity contribution in [3.63, 3.8) is 0 Å². The van der Waals surface area contributed by atoms with Crippen molar-refractivity contribution in [1.82, 2.24) is 20.0 Å². The maximum atomic E-state index is 12.5. The average Bonchev–Trinajstić information content (AvgIpc) is 2.78. The number of rotatable bonds is 6. The molecule has 2 aliphatic rings. The molecule has 0 spiro atoms. The number of aliphatic hydroxyl groups excluding tert-OH is 1. The van der Waals surface area contributed by atoms with Crippen molar-refractivity contribution in [3.8, 4) is 0 Å². The number of nitrogens with one attached hydrogen (secondary N) is 1. The Balaban J connectivity index is 1.51. The Morgan fingerprint density at radius 2 is 1.87 bits per heavy atom. The highest BCUT2D eigenvalue weighted by Gasteiger charge is 2.24. The highest BCUT2D eigenvalue weighted by atomic mass is 35.5. The number of carbonyl (C=O) groups excluding carboxylic acids is 1. The molecule has 1 unspecified atom stereocenters. The third-order valence-corrected chi connectivity index (χ3v) is 5.75. The number of carbonyl (C=O) groups is 1. The van der Waals surface area contributed by atoms with Gasteiger partial charge in [-0.2, -0.15) is 0 Å². The zero-order valence-electron chi connectivity index (χ0n) is 17.6. The predicted octanol–water partition coefficient (Wildman–Crippen LogP) is 0.815. The molecule has 8 nitrogen and oxygen atoms in total. The molecule has 2 saturated heterocycles. The van der Waals surface area contributed by atoms with E-state index in [9.17, 15) is 9.90 Å². The summed E-state index contributed by atoms with van der Waals surface area (Å²) in [5.74, 6) is 0.956. The van der Waals surface area contributed by atoms with Crippen molar-refractivity contribution in [2.24, 2.45) is 4.99 Å². The van der Waals surface area contributed by atoms with Crippen LogP contribution >= 0.6 is 11.6 Å². The van der Waals surface area contributed by atoms with Gasteiger partial charge in [0.2, 0.25) is 5.91 Å². The van der Waals surface area contributed by atoms with Gasteiger partial charge < -0.3 is 25.0 Å². The topological polar surface area (TPSA) is 80.6 Å². The molecule has 1 aromatic rings. The van der Waals surface area contributed by atoms with Crippen LogP contribution in [0, 0.1) is 0 Å². The molecule has 0 aliphatic carbocycles. The Morgan fingerprint density at radius 1 is 1.17 bits per heavy atom. The van der Waals surface area contributed by atoms with Gasteiger partial charge in [0.05, 0.1) is 26.3 Å². The minimum Gasteiger partial charge on any atom is -0.386 e. The lowest BCUT2D eigenvalue weighted by Gasteiger charge is -2.37. The summed E-state index contributed by atoms with van der Waals surface area (Å²) >= 11 is 6.18. The fourth-order valence-corrected chi connectivity index (χ4v) is 3.93. The van der Waals surface area contributed by atoms with Crippen LogP contribution in [0.25, 0.3) is 0 Å². The van der Waals surface area contributed by atoms with E-state index in [1.165, 1.54) is 0 Å². The summed E-state index contributed by atoms with van der Waals surface area (Å²) in [6.45, 7) is 9.25. The van der Waals surface area contributed by atoms with Crippen LogP contribution in [-0.4, -0.2) is 104 Å². The quantitative estimate of drug-likeness (QED) is 0.506. The van der Waals surface area contributed by atoms with Crippen molar-refractivity contribution in [1.29, 1.82) is 0 Å². The summed E-state index contributed by atoms with van der Waals surface area (Å²) in [4.78, 5) is 23.3. The number of ether oxygens (including phenoxy) is 1. The van der Waals surface area contributed by atoms with Gasteiger partial charge in [0, 0.05) is 56.4 Å². The number of amides is 1. The molecule has 0 saturated carbocycles. The first-order chi connectivity index (χ1) is 14.6. The minimum atomic E-state index is -0.750. The number of halogens is 1. The summed E-state index contributed by atoms with van der Waals surface area (Å²) in [6.07, 6.45) is -0.750.